The number of H-pyrrole nitrogens is 1. The maximum atomic E-state index is 13.3. The van der Waals surface area contributed by atoms with Crippen LogP contribution in [0.2, 0.25) is 0 Å². The summed E-state index contributed by atoms with van der Waals surface area (Å²) in [4.78, 5) is 11.5. The van der Waals surface area contributed by atoms with Gasteiger partial charge in [0.15, 0.2) is 5.65 Å². The maximum Gasteiger partial charge on any atom is 0.177 e. The molecule has 2 heterocycles. The van der Waals surface area contributed by atoms with Gasteiger partial charge in [-0.1, -0.05) is 12.1 Å². The van der Waals surface area contributed by atoms with Gasteiger partial charge in [0.2, 0.25) is 0 Å². The third-order valence-electron chi connectivity index (χ3n) is 3.12. The van der Waals surface area contributed by atoms with Crippen molar-refractivity contribution in [2.24, 2.45) is 0 Å². The topological polar surface area (TPSA) is 65.4 Å². The fourth-order valence-electron chi connectivity index (χ4n) is 2.22. The van der Waals surface area contributed by atoms with Gasteiger partial charge in [-0.25, -0.2) is 14.4 Å². The number of rotatable bonds is 2. The zero-order valence-electron chi connectivity index (χ0n) is 10.8. The van der Waals surface area contributed by atoms with Crippen LogP contribution in [0.15, 0.2) is 36.5 Å². The van der Waals surface area contributed by atoms with Crippen molar-refractivity contribution in [3.8, 4) is 6.07 Å². The quantitative estimate of drug-likeness (QED) is 0.775. The lowest BCUT2D eigenvalue weighted by Gasteiger charge is -2.09. The molecule has 1 aromatic carbocycles. The predicted octanol–water partition coefficient (Wildman–Crippen LogP) is 3.06. The van der Waals surface area contributed by atoms with Gasteiger partial charge in [-0.2, -0.15) is 5.26 Å². The summed E-state index contributed by atoms with van der Waals surface area (Å²) in [5.41, 5.74) is 2.72. The Hall–Kier alpha value is -2.74. The Morgan fingerprint density at radius 1 is 1.30 bits per heavy atom. The monoisotopic (exact) mass is 266 g/mol. The van der Waals surface area contributed by atoms with Crippen molar-refractivity contribution in [2.75, 3.05) is 0 Å². The van der Waals surface area contributed by atoms with Crippen LogP contribution < -0.4 is 0 Å². The molecule has 4 nitrogen and oxygen atoms in total. The fraction of sp³-hybridized carbons (Fsp3) is 0.133. The van der Waals surface area contributed by atoms with Crippen molar-refractivity contribution < 1.29 is 4.39 Å². The molecule has 98 valence electrons. The Bertz CT molecular complexity index is 816. The minimum atomic E-state index is -0.550. The van der Waals surface area contributed by atoms with Crippen molar-refractivity contribution >= 4 is 11.2 Å². The summed E-state index contributed by atoms with van der Waals surface area (Å²) in [5, 5.41) is 9.38. The molecule has 0 radical (unpaired) electrons. The number of nitrogens with zero attached hydrogens (tertiary/aromatic N) is 3. The fourth-order valence-corrected chi connectivity index (χ4v) is 2.22. The number of hydrogen-bond acceptors (Lipinski definition) is 3. The van der Waals surface area contributed by atoms with Gasteiger partial charge in [-0.15, -0.1) is 0 Å². The van der Waals surface area contributed by atoms with Crippen LogP contribution in [0.5, 0.6) is 0 Å². The summed E-state index contributed by atoms with van der Waals surface area (Å²) in [5.74, 6) is -0.135. The second-order valence-corrected chi connectivity index (χ2v) is 4.58. The van der Waals surface area contributed by atoms with Crippen molar-refractivity contribution in [1.29, 1.82) is 5.26 Å². The molecule has 2 aromatic heterocycles. The summed E-state index contributed by atoms with van der Waals surface area (Å²) in [6, 6.07) is 10.1. The summed E-state index contributed by atoms with van der Waals surface area (Å²) < 4.78 is 13.3. The van der Waals surface area contributed by atoms with Crippen molar-refractivity contribution in [1.82, 2.24) is 15.0 Å². The number of halogens is 1. The molecular formula is C15H11FN4. The number of aromatic amines is 1. The molecule has 1 N–H and O–H groups in total. The zero-order valence-corrected chi connectivity index (χ0v) is 10.8. The zero-order chi connectivity index (χ0) is 14.1. The van der Waals surface area contributed by atoms with E-state index in [1.807, 2.05) is 13.0 Å². The van der Waals surface area contributed by atoms with Crippen molar-refractivity contribution in [2.45, 2.75) is 12.8 Å². The molecule has 3 rings (SSSR count). The molecule has 0 bridgehead atoms. The Labute approximate surface area is 114 Å². The second kappa shape index (κ2) is 4.74. The summed E-state index contributed by atoms with van der Waals surface area (Å²) in [6.07, 6.45) is 1.61. The van der Waals surface area contributed by atoms with E-state index in [1.54, 1.807) is 18.3 Å². The number of imidazole rings is 1. The maximum absolute atomic E-state index is 13.3. The molecule has 0 amide bonds. The molecule has 0 saturated carbocycles. The normalized spacial score (nSPS) is 12.2. The highest BCUT2D eigenvalue weighted by atomic mass is 19.1. The van der Waals surface area contributed by atoms with Gasteiger partial charge in [0.1, 0.15) is 11.6 Å². The lowest BCUT2D eigenvalue weighted by atomic mass is 9.94. The highest BCUT2D eigenvalue weighted by molar-refractivity contribution is 5.71. The number of aryl methyl sites for hydroxylation is 1. The van der Waals surface area contributed by atoms with Crippen LogP contribution in [-0.2, 0) is 0 Å². The van der Waals surface area contributed by atoms with Crippen molar-refractivity contribution in [3.63, 3.8) is 0 Å². The molecule has 3 aromatic rings. The Morgan fingerprint density at radius 3 is 2.90 bits per heavy atom. The van der Waals surface area contributed by atoms with Gasteiger partial charge < -0.3 is 4.98 Å². The third-order valence-corrected chi connectivity index (χ3v) is 3.12. The van der Waals surface area contributed by atoms with E-state index in [1.165, 1.54) is 12.1 Å². The summed E-state index contributed by atoms with van der Waals surface area (Å²) in [7, 11) is 0. The van der Waals surface area contributed by atoms with E-state index in [4.69, 9.17) is 0 Å². The molecule has 0 fully saturated rings. The molecule has 20 heavy (non-hydrogen) atoms. The lowest BCUT2D eigenvalue weighted by Crippen LogP contribution is -1.99. The molecule has 0 spiro atoms. The van der Waals surface area contributed by atoms with Crippen LogP contribution >= 0.6 is 0 Å². The number of nitrogens with one attached hydrogen (secondary N) is 1. The highest BCUT2D eigenvalue weighted by Crippen LogP contribution is 2.25. The first-order valence-electron chi connectivity index (χ1n) is 6.15. The average molecular weight is 266 g/mol. The molecule has 1 unspecified atom stereocenters. The molecule has 0 aliphatic carbocycles. The third kappa shape index (κ3) is 2.12. The first-order valence-corrected chi connectivity index (χ1v) is 6.15. The minimum Gasteiger partial charge on any atom is -0.341 e. The van der Waals surface area contributed by atoms with E-state index in [0.29, 0.717) is 16.8 Å². The number of hydrogen-bond donors (Lipinski definition) is 1. The van der Waals surface area contributed by atoms with Gasteiger partial charge in [-0.05, 0) is 36.2 Å². The largest absolute Gasteiger partial charge is 0.341 e. The van der Waals surface area contributed by atoms with Crippen LogP contribution in [0.25, 0.3) is 11.2 Å². The van der Waals surface area contributed by atoms with E-state index in [9.17, 15) is 9.65 Å². The van der Waals surface area contributed by atoms with E-state index >= 15 is 0 Å². The summed E-state index contributed by atoms with van der Waals surface area (Å²) in [6.45, 7) is 1.84. The van der Waals surface area contributed by atoms with Crippen LogP contribution in [-0.4, -0.2) is 15.0 Å². The molecular weight excluding hydrogens is 255 g/mol. The Balaban J connectivity index is 2.09. The molecule has 1 atom stereocenters. The first-order chi connectivity index (χ1) is 9.67. The van der Waals surface area contributed by atoms with E-state index < -0.39 is 5.92 Å². The smallest absolute Gasteiger partial charge is 0.177 e. The number of aromatic nitrogens is 3. The molecule has 5 heteroatoms. The molecule has 0 aliphatic rings. The number of nitriles is 1. The van der Waals surface area contributed by atoms with E-state index in [2.05, 4.69) is 21.0 Å². The second-order valence-electron chi connectivity index (χ2n) is 4.58. The van der Waals surface area contributed by atoms with Crippen LogP contribution in [0.4, 0.5) is 4.39 Å². The standard InChI is InChI=1S/C15H11FN4/c1-9-19-14-6-11(8-18-15(14)20-9)13(7-17)10-3-2-4-12(16)5-10/h2-6,8,13H,1H3,(H,18,19,20). The Morgan fingerprint density at radius 2 is 2.15 bits per heavy atom. The van der Waals surface area contributed by atoms with Crippen LogP contribution in [0.1, 0.15) is 22.9 Å². The van der Waals surface area contributed by atoms with Crippen LogP contribution in [0, 0.1) is 24.1 Å². The average Bonchev–Trinajstić information content (AvgIpc) is 2.79. The predicted molar refractivity (Wildman–Crippen MR) is 72.5 cm³/mol. The summed E-state index contributed by atoms with van der Waals surface area (Å²) >= 11 is 0. The molecule has 0 saturated heterocycles. The van der Waals surface area contributed by atoms with E-state index in [-0.39, 0.29) is 5.82 Å². The van der Waals surface area contributed by atoms with Gasteiger partial charge in [-0.3, -0.25) is 0 Å². The van der Waals surface area contributed by atoms with Gasteiger partial charge >= 0.3 is 0 Å². The minimum absolute atomic E-state index is 0.353. The lowest BCUT2D eigenvalue weighted by molar-refractivity contribution is 0.625. The Kier molecular flexibility index (Phi) is 2.92. The SMILES string of the molecule is Cc1nc2ncc(C(C#N)c3cccc(F)c3)cc2[nH]1. The first kappa shape index (κ1) is 12.3. The highest BCUT2D eigenvalue weighted by Gasteiger charge is 2.15. The van der Waals surface area contributed by atoms with Crippen molar-refractivity contribution in [3.05, 3.63) is 59.3 Å². The van der Waals surface area contributed by atoms with Gasteiger partial charge in [0, 0.05) is 6.20 Å². The van der Waals surface area contributed by atoms with Crippen LogP contribution in [0.3, 0.4) is 0 Å². The van der Waals surface area contributed by atoms with E-state index in [0.717, 1.165) is 11.3 Å². The molecule has 0 aliphatic heterocycles. The number of fused-ring (bicyclic) bond motifs is 1. The van der Waals surface area contributed by atoms with Gasteiger partial charge in [0.25, 0.3) is 0 Å². The van der Waals surface area contributed by atoms with Gasteiger partial charge in [0.05, 0.1) is 17.5 Å². The number of benzene rings is 1. The number of pyridine rings is 1.